The van der Waals surface area contributed by atoms with Crippen LogP contribution in [0.5, 0.6) is 0 Å². The van der Waals surface area contributed by atoms with E-state index in [0.717, 1.165) is 50.5 Å². The Morgan fingerprint density at radius 2 is 1.94 bits per heavy atom. The van der Waals surface area contributed by atoms with Crippen molar-refractivity contribution < 1.29 is 9.59 Å². The van der Waals surface area contributed by atoms with Crippen LogP contribution in [0, 0.1) is 5.92 Å². The van der Waals surface area contributed by atoms with E-state index in [1.807, 2.05) is 17.0 Å². The van der Waals surface area contributed by atoms with E-state index in [9.17, 15) is 14.4 Å². The molecule has 2 aromatic heterocycles. The number of fused-ring (bicyclic) bond motifs is 2. The van der Waals surface area contributed by atoms with E-state index in [1.54, 1.807) is 10.8 Å². The number of aromatic amines is 1. The third-order valence-corrected chi connectivity index (χ3v) is 7.38. The van der Waals surface area contributed by atoms with Gasteiger partial charge in [-0.2, -0.15) is 0 Å². The van der Waals surface area contributed by atoms with E-state index >= 15 is 0 Å². The molecule has 2 saturated heterocycles. The fraction of sp³-hybridized carbons (Fsp3) is 0.652. The molecule has 2 aliphatic heterocycles. The molecule has 5 rings (SSSR count). The van der Waals surface area contributed by atoms with Gasteiger partial charge in [0.1, 0.15) is 0 Å². The first-order valence-corrected chi connectivity index (χ1v) is 12.0. The number of amides is 2. The molecule has 32 heavy (non-hydrogen) atoms. The van der Waals surface area contributed by atoms with Gasteiger partial charge >= 0.3 is 5.69 Å². The number of likely N-dealkylation sites (tertiary alicyclic amines) is 1. The van der Waals surface area contributed by atoms with Crippen LogP contribution in [-0.4, -0.2) is 56.5 Å². The molecule has 1 saturated carbocycles. The predicted octanol–water partition coefficient (Wildman–Crippen LogP) is 1.66. The van der Waals surface area contributed by atoms with Gasteiger partial charge in [-0.05, 0) is 50.7 Å². The SMILES string of the molecule is O=C1NC(CCCC(=O)N2CCC(n3c(=O)[nH]c4cccnc43)CC2)NC2CCCCC12. The van der Waals surface area contributed by atoms with Crippen molar-refractivity contribution in [1.82, 2.24) is 30.1 Å². The molecule has 2 amide bonds. The molecule has 9 nitrogen and oxygen atoms in total. The lowest BCUT2D eigenvalue weighted by Gasteiger charge is -2.40. The Balaban J connectivity index is 1.09. The van der Waals surface area contributed by atoms with Gasteiger partial charge in [0, 0.05) is 37.8 Å². The number of imidazole rings is 1. The van der Waals surface area contributed by atoms with Gasteiger partial charge in [-0.25, -0.2) is 9.78 Å². The van der Waals surface area contributed by atoms with Crippen LogP contribution in [0.1, 0.15) is 63.8 Å². The summed E-state index contributed by atoms with van der Waals surface area (Å²) in [5.41, 5.74) is 1.30. The third-order valence-electron chi connectivity index (χ3n) is 7.38. The summed E-state index contributed by atoms with van der Waals surface area (Å²) in [6, 6.07) is 4.02. The van der Waals surface area contributed by atoms with E-state index < -0.39 is 0 Å². The van der Waals surface area contributed by atoms with E-state index in [2.05, 4.69) is 20.6 Å². The Hall–Kier alpha value is -2.68. The molecule has 2 aromatic rings. The number of hydrogen-bond donors (Lipinski definition) is 3. The average molecular weight is 441 g/mol. The molecule has 3 atom stereocenters. The molecule has 0 aromatic carbocycles. The molecule has 0 spiro atoms. The molecule has 3 fully saturated rings. The van der Waals surface area contributed by atoms with Gasteiger partial charge in [0.2, 0.25) is 11.8 Å². The summed E-state index contributed by atoms with van der Waals surface area (Å²) in [6.45, 7) is 1.30. The average Bonchev–Trinajstić information content (AvgIpc) is 3.15. The van der Waals surface area contributed by atoms with Gasteiger partial charge in [-0.1, -0.05) is 12.8 Å². The van der Waals surface area contributed by atoms with Crippen molar-refractivity contribution >= 4 is 23.0 Å². The minimum Gasteiger partial charge on any atom is -0.343 e. The van der Waals surface area contributed by atoms with Crippen LogP contribution in [0.2, 0.25) is 0 Å². The smallest absolute Gasteiger partial charge is 0.327 e. The molecule has 3 N–H and O–H groups in total. The molecule has 4 heterocycles. The molecule has 3 unspecified atom stereocenters. The number of rotatable bonds is 5. The van der Waals surface area contributed by atoms with Crippen LogP contribution < -0.4 is 16.3 Å². The maximum absolute atomic E-state index is 12.7. The lowest BCUT2D eigenvalue weighted by atomic mass is 9.82. The number of pyridine rings is 1. The molecular weight excluding hydrogens is 408 g/mol. The number of piperidine rings is 1. The van der Waals surface area contributed by atoms with Crippen LogP contribution >= 0.6 is 0 Å². The number of aromatic nitrogens is 3. The fourth-order valence-electron chi connectivity index (χ4n) is 5.66. The predicted molar refractivity (Wildman–Crippen MR) is 120 cm³/mol. The first-order valence-electron chi connectivity index (χ1n) is 12.0. The van der Waals surface area contributed by atoms with Crippen LogP contribution in [0.3, 0.4) is 0 Å². The number of carbonyl (C=O) groups excluding carboxylic acids is 2. The lowest BCUT2D eigenvalue weighted by Crippen LogP contribution is -2.62. The van der Waals surface area contributed by atoms with Crippen molar-refractivity contribution in [3.05, 3.63) is 28.8 Å². The number of nitrogens with zero attached hydrogens (tertiary/aromatic N) is 3. The number of carbonyl (C=O) groups is 2. The van der Waals surface area contributed by atoms with E-state index in [4.69, 9.17) is 0 Å². The Labute approximate surface area is 187 Å². The summed E-state index contributed by atoms with van der Waals surface area (Å²) in [4.78, 5) is 46.6. The zero-order valence-corrected chi connectivity index (χ0v) is 18.4. The molecule has 0 bridgehead atoms. The van der Waals surface area contributed by atoms with E-state index in [0.29, 0.717) is 31.2 Å². The van der Waals surface area contributed by atoms with Gasteiger partial charge in [0.15, 0.2) is 5.65 Å². The zero-order chi connectivity index (χ0) is 22.1. The zero-order valence-electron chi connectivity index (χ0n) is 18.4. The Bertz CT molecular complexity index is 1040. The topological polar surface area (TPSA) is 112 Å². The monoisotopic (exact) mass is 440 g/mol. The van der Waals surface area contributed by atoms with Crippen LogP contribution in [0.15, 0.2) is 23.1 Å². The minimum absolute atomic E-state index is 0.0263. The van der Waals surface area contributed by atoms with Gasteiger partial charge in [-0.15, -0.1) is 0 Å². The largest absolute Gasteiger partial charge is 0.343 e. The minimum atomic E-state index is -0.134. The molecule has 9 heteroatoms. The van der Waals surface area contributed by atoms with Gasteiger partial charge in [0.25, 0.3) is 0 Å². The van der Waals surface area contributed by atoms with E-state index in [1.165, 1.54) is 6.42 Å². The van der Waals surface area contributed by atoms with Gasteiger partial charge in [0.05, 0.1) is 17.6 Å². The van der Waals surface area contributed by atoms with Crippen molar-refractivity contribution in [3.8, 4) is 0 Å². The number of nitrogens with one attached hydrogen (secondary N) is 3. The van der Waals surface area contributed by atoms with Crippen molar-refractivity contribution in [2.75, 3.05) is 13.1 Å². The summed E-state index contributed by atoms with van der Waals surface area (Å²) >= 11 is 0. The van der Waals surface area contributed by atoms with Crippen LogP contribution in [0.25, 0.3) is 11.2 Å². The quantitative estimate of drug-likeness (QED) is 0.655. The first-order chi connectivity index (χ1) is 15.6. The second-order valence-electron chi connectivity index (χ2n) is 9.40. The second kappa shape index (κ2) is 9.05. The molecule has 0 radical (unpaired) electrons. The number of hydrogen-bond acceptors (Lipinski definition) is 5. The molecular formula is C23H32N6O3. The van der Waals surface area contributed by atoms with Gasteiger partial charge in [-0.3, -0.25) is 19.5 Å². The molecule has 172 valence electrons. The highest BCUT2D eigenvalue weighted by Crippen LogP contribution is 2.28. The maximum Gasteiger partial charge on any atom is 0.327 e. The standard InChI is InChI=1S/C23H32N6O3/c30-20(9-3-8-19-25-17-6-2-1-5-16(17)22(31)27-19)28-13-10-15(11-14-28)29-21-18(26-23(29)32)7-4-12-24-21/h4,7,12,15-17,19,25H,1-3,5-6,8-11,13-14H2,(H,26,32)(H,27,31). The van der Waals surface area contributed by atoms with Crippen molar-refractivity contribution in [3.63, 3.8) is 0 Å². The van der Waals surface area contributed by atoms with Crippen LogP contribution in [0.4, 0.5) is 0 Å². The number of H-pyrrole nitrogens is 1. The highest BCUT2D eigenvalue weighted by atomic mass is 16.2. The molecule has 1 aliphatic carbocycles. The summed E-state index contributed by atoms with van der Waals surface area (Å²) in [7, 11) is 0. The second-order valence-corrected chi connectivity index (χ2v) is 9.40. The Morgan fingerprint density at radius 3 is 2.78 bits per heavy atom. The summed E-state index contributed by atoms with van der Waals surface area (Å²) in [6.07, 6.45) is 9.54. The van der Waals surface area contributed by atoms with Crippen molar-refractivity contribution in [2.45, 2.75) is 76.0 Å². The van der Waals surface area contributed by atoms with Crippen molar-refractivity contribution in [1.29, 1.82) is 0 Å². The first kappa shape index (κ1) is 21.2. The van der Waals surface area contributed by atoms with Gasteiger partial charge < -0.3 is 15.2 Å². The van der Waals surface area contributed by atoms with E-state index in [-0.39, 0.29) is 35.6 Å². The summed E-state index contributed by atoms with van der Waals surface area (Å²) in [5, 5.41) is 6.68. The third kappa shape index (κ3) is 4.18. The summed E-state index contributed by atoms with van der Waals surface area (Å²) < 4.78 is 1.74. The molecule has 3 aliphatic rings. The highest BCUT2D eigenvalue weighted by Gasteiger charge is 2.37. The lowest BCUT2D eigenvalue weighted by molar-refractivity contribution is -0.132. The fourth-order valence-corrected chi connectivity index (χ4v) is 5.66. The van der Waals surface area contributed by atoms with Crippen LogP contribution in [-0.2, 0) is 9.59 Å². The Kier molecular flexibility index (Phi) is 5.99. The normalized spacial score (nSPS) is 26.7. The maximum atomic E-state index is 12.7. The summed E-state index contributed by atoms with van der Waals surface area (Å²) in [5.74, 6) is 0.446. The van der Waals surface area contributed by atoms with Crippen molar-refractivity contribution in [2.24, 2.45) is 5.92 Å². The highest BCUT2D eigenvalue weighted by molar-refractivity contribution is 5.80. The Morgan fingerprint density at radius 1 is 1.12 bits per heavy atom.